The molecule has 0 bridgehead atoms. The molecule has 4 heteroatoms. The van der Waals surface area contributed by atoms with Crippen LogP contribution in [0.5, 0.6) is 0 Å². The van der Waals surface area contributed by atoms with E-state index in [1.54, 1.807) is 0 Å². The lowest BCUT2D eigenvalue weighted by Gasteiger charge is -2.41. The van der Waals surface area contributed by atoms with Crippen molar-refractivity contribution >= 4 is 0 Å². The standard InChI is InChI=1S/C14H22N4/c15-9-14(12-3-1-5-16-10-12)18-8-7-17-6-2-4-13(17)11-18/h1,3,5,10,13-14H,2,4,6-9,11,15H2. The lowest BCUT2D eigenvalue weighted by Crippen LogP contribution is -2.52. The Balaban J connectivity index is 1.72. The van der Waals surface area contributed by atoms with Crippen molar-refractivity contribution in [2.45, 2.75) is 24.9 Å². The quantitative estimate of drug-likeness (QED) is 0.859. The maximum Gasteiger partial charge on any atom is 0.0486 e. The summed E-state index contributed by atoms with van der Waals surface area (Å²) in [5.41, 5.74) is 7.25. The number of pyridine rings is 1. The largest absolute Gasteiger partial charge is 0.329 e. The zero-order valence-electron chi connectivity index (χ0n) is 10.8. The average molecular weight is 246 g/mol. The minimum atomic E-state index is 0.335. The van der Waals surface area contributed by atoms with Crippen LogP contribution in [0.15, 0.2) is 24.5 Å². The van der Waals surface area contributed by atoms with Gasteiger partial charge in [0.05, 0.1) is 0 Å². The zero-order chi connectivity index (χ0) is 12.4. The van der Waals surface area contributed by atoms with E-state index in [1.807, 2.05) is 18.5 Å². The van der Waals surface area contributed by atoms with Gasteiger partial charge in [0.25, 0.3) is 0 Å². The molecule has 0 radical (unpaired) electrons. The summed E-state index contributed by atoms with van der Waals surface area (Å²) in [5, 5.41) is 0. The monoisotopic (exact) mass is 246 g/mol. The van der Waals surface area contributed by atoms with Gasteiger partial charge < -0.3 is 5.73 Å². The smallest absolute Gasteiger partial charge is 0.0486 e. The van der Waals surface area contributed by atoms with Crippen molar-refractivity contribution in [3.63, 3.8) is 0 Å². The van der Waals surface area contributed by atoms with Gasteiger partial charge in [-0.1, -0.05) is 6.07 Å². The second-order valence-corrected chi connectivity index (χ2v) is 5.36. The Labute approximate surface area is 109 Å². The van der Waals surface area contributed by atoms with Crippen LogP contribution in [0.25, 0.3) is 0 Å². The van der Waals surface area contributed by atoms with Gasteiger partial charge in [-0.2, -0.15) is 0 Å². The van der Waals surface area contributed by atoms with Crippen molar-refractivity contribution in [2.75, 3.05) is 32.7 Å². The molecule has 0 aliphatic carbocycles. The summed E-state index contributed by atoms with van der Waals surface area (Å²) in [5.74, 6) is 0. The van der Waals surface area contributed by atoms with Crippen LogP contribution >= 0.6 is 0 Å². The van der Waals surface area contributed by atoms with Crippen LogP contribution in [0.2, 0.25) is 0 Å². The van der Waals surface area contributed by atoms with Gasteiger partial charge in [0.2, 0.25) is 0 Å². The van der Waals surface area contributed by atoms with Gasteiger partial charge in [0.15, 0.2) is 0 Å². The van der Waals surface area contributed by atoms with Gasteiger partial charge in [-0.05, 0) is 31.0 Å². The highest BCUT2D eigenvalue weighted by Gasteiger charge is 2.33. The highest BCUT2D eigenvalue weighted by molar-refractivity contribution is 5.15. The van der Waals surface area contributed by atoms with E-state index in [9.17, 15) is 0 Å². The van der Waals surface area contributed by atoms with Crippen LogP contribution < -0.4 is 5.73 Å². The van der Waals surface area contributed by atoms with Crippen molar-refractivity contribution in [1.82, 2.24) is 14.8 Å². The highest BCUT2D eigenvalue weighted by atomic mass is 15.3. The summed E-state index contributed by atoms with van der Waals surface area (Å²) in [6.45, 7) is 5.46. The number of piperazine rings is 1. The van der Waals surface area contributed by atoms with Gasteiger partial charge in [0.1, 0.15) is 0 Å². The van der Waals surface area contributed by atoms with E-state index < -0.39 is 0 Å². The summed E-state index contributed by atoms with van der Waals surface area (Å²) in [6.07, 6.45) is 6.49. The molecule has 2 unspecified atom stereocenters. The van der Waals surface area contributed by atoms with Crippen LogP contribution in [0.1, 0.15) is 24.4 Å². The van der Waals surface area contributed by atoms with Crippen LogP contribution in [0.4, 0.5) is 0 Å². The van der Waals surface area contributed by atoms with E-state index in [0.29, 0.717) is 12.6 Å². The number of nitrogens with two attached hydrogens (primary N) is 1. The van der Waals surface area contributed by atoms with E-state index in [2.05, 4.69) is 20.9 Å². The first-order chi connectivity index (χ1) is 8.88. The first-order valence-electron chi connectivity index (χ1n) is 6.96. The molecule has 98 valence electrons. The van der Waals surface area contributed by atoms with E-state index >= 15 is 0 Å². The second kappa shape index (κ2) is 5.34. The number of fused-ring (bicyclic) bond motifs is 1. The number of hydrogen-bond donors (Lipinski definition) is 1. The fraction of sp³-hybridized carbons (Fsp3) is 0.643. The fourth-order valence-corrected chi connectivity index (χ4v) is 3.37. The predicted octanol–water partition coefficient (Wildman–Crippen LogP) is 0.861. The first kappa shape index (κ1) is 12.1. The molecule has 0 amide bonds. The molecule has 2 aliphatic rings. The predicted molar refractivity (Wildman–Crippen MR) is 72.2 cm³/mol. The van der Waals surface area contributed by atoms with Crippen molar-refractivity contribution in [3.05, 3.63) is 30.1 Å². The van der Waals surface area contributed by atoms with Gasteiger partial charge in [-0.3, -0.25) is 14.8 Å². The maximum atomic E-state index is 5.99. The van der Waals surface area contributed by atoms with E-state index in [1.165, 1.54) is 31.5 Å². The van der Waals surface area contributed by atoms with E-state index in [0.717, 1.165) is 19.1 Å². The Morgan fingerprint density at radius 1 is 1.39 bits per heavy atom. The Kier molecular flexibility index (Phi) is 3.59. The van der Waals surface area contributed by atoms with Crippen LogP contribution in [-0.4, -0.2) is 53.5 Å². The third kappa shape index (κ3) is 2.28. The number of hydrogen-bond acceptors (Lipinski definition) is 4. The molecule has 0 saturated carbocycles. The number of nitrogens with zero attached hydrogens (tertiary/aromatic N) is 3. The first-order valence-corrected chi connectivity index (χ1v) is 6.96. The van der Waals surface area contributed by atoms with Crippen molar-refractivity contribution in [1.29, 1.82) is 0 Å². The second-order valence-electron chi connectivity index (χ2n) is 5.36. The molecule has 3 heterocycles. The lowest BCUT2D eigenvalue weighted by molar-refractivity contribution is 0.0736. The van der Waals surface area contributed by atoms with E-state index in [4.69, 9.17) is 5.73 Å². The molecule has 0 aromatic carbocycles. The van der Waals surface area contributed by atoms with Crippen LogP contribution in [0, 0.1) is 0 Å². The Morgan fingerprint density at radius 3 is 3.11 bits per heavy atom. The topological polar surface area (TPSA) is 45.4 Å². The Bertz CT molecular complexity index is 381. The SMILES string of the molecule is NCC(c1cccnc1)N1CCN2CCCC2C1. The molecule has 18 heavy (non-hydrogen) atoms. The van der Waals surface area contributed by atoms with E-state index in [-0.39, 0.29) is 0 Å². The molecule has 2 N–H and O–H groups in total. The molecule has 2 fully saturated rings. The molecule has 4 nitrogen and oxygen atoms in total. The molecule has 1 aromatic heterocycles. The van der Waals surface area contributed by atoms with Crippen molar-refractivity contribution in [2.24, 2.45) is 5.73 Å². The summed E-state index contributed by atoms with van der Waals surface area (Å²) in [4.78, 5) is 9.40. The normalized spacial score (nSPS) is 27.1. The van der Waals surface area contributed by atoms with Crippen LogP contribution in [-0.2, 0) is 0 Å². The maximum absolute atomic E-state index is 5.99. The van der Waals surface area contributed by atoms with Crippen LogP contribution in [0.3, 0.4) is 0 Å². The Hall–Kier alpha value is -0.970. The van der Waals surface area contributed by atoms with Gasteiger partial charge in [-0.25, -0.2) is 0 Å². The molecular formula is C14H22N4. The molecule has 1 aromatic rings. The summed E-state index contributed by atoms with van der Waals surface area (Å²) < 4.78 is 0. The summed E-state index contributed by atoms with van der Waals surface area (Å²) >= 11 is 0. The Morgan fingerprint density at radius 2 is 2.33 bits per heavy atom. The zero-order valence-corrected chi connectivity index (χ0v) is 10.8. The van der Waals surface area contributed by atoms with Gasteiger partial charge in [-0.15, -0.1) is 0 Å². The number of aromatic nitrogens is 1. The summed E-state index contributed by atoms with van der Waals surface area (Å²) in [6, 6.07) is 5.24. The van der Waals surface area contributed by atoms with Crippen molar-refractivity contribution in [3.8, 4) is 0 Å². The fourth-order valence-electron chi connectivity index (χ4n) is 3.37. The molecular weight excluding hydrogens is 224 g/mol. The summed E-state index contributed by atoms with van der Waals surface area (Å²) in [7, 11) is 0. The number of rotatable bonds is 3. The molecule has 2 aliphatic heterocycles. The minimum Gasteiger partial charge on any atom is -0.329 e. The third-order valence-corrected chi connectivity index (χ3v) is 4.35. The molecule has 2 saturated heterocycles. The average Bonchev–Trinajstić information content (AvgIpc) is 2.88. The minimum absolute atomic E-state index is 0.335. The molecule has 0 spiro atoms. The van der Waals surface area contributed by atoms with Gasteiger partial charge >= 0.3 is 0 Å². The lowest BCUT2D eigenvalue weighted by atomic mass is 10.0. The third-order valence-electron chi connectivity index (χ3n) is 4.35. The van der Waals surface area contributed by atoms with Gasteiger partial charge in [0, 0.05) is 50.7 Å². The molecule has 3 rings (SSSR count). The highest BCUT2D eigenvalue weighted by Crippen LogP contribution is 2.27. The van der Waals surface area contributed by atoms with Crippen molar-refractivity contribution < 1.29 is 0 Å². The molecule has 2 atom stereocenters.